The monoisotopic (exact) mass is 251 g/mol. The van der Waals surface area contributed by atoms with Gasteiger partial charge in [0.15, 0.2) is 0 Å². The van der Waals surface area contributed by atoms with E-state index in [4.69, 9.17) is 18.0 Å². The van der Waals surface area contributed by atoms with Crippen LogP contribution in [0.5, 0.6) is 0 Å². The molecule has 0 bridgehead atoms. The number of hydrogen-bond acceptors (Lipinski definition) is 6. The molecule has 3 N–H and O–H groups in total. The lowest BCUT2D eigenvalue weighted by molar-refractivity contribution is 1.04. The van der Waals surface area contributed by atoms with Gasteiger partial charge in [0.2, 0.25) is 0 Å². The van der Waals surface area contributed by atoms with Gasteiger partial charge < -0.3 is 11.1 Å². The Bertz CT molecular complexity index is 465. The molecule has 2 aromatic heterocycles. The quantitative estimate of drug-likeness (QED) is 0.795. The zero-order valence-electron chi connectivity index (χ0n) is 8.25. The van der Waals surface area contributed by atoms with E-state index in [1.54, 1.807) is 29.2 Å². The molecule has 0 atom stereocenters. The number of anilines is 1. The maximum Gasteiger partial charge on any atom is 0.144 e. The molecule has 0 radical (unpaired) electrons. The summed E-state index contributed by atoms with van der Waals surface area (Å²) in [4.78, 5) is 12.6. The molecule has 0 unspecified atom stereocenters. The topological polar surface area (TPSA) is 76.7 Å². The Morgan fingerprint density at radius 3 is 2.81 bits per heavy atom. The van der Waals surface area contributed by atoms with Crippen molar-refractivity contribution in [1.82, 2.24) is 15.0 Å². The maximum atomic E-state index is 5.41. The predicted molar refractivity (Wildman–Crippen MR) is 67.4 cm³/mol. The summed E-state index contributed by atoms with van der Waals surface area (Å²) in [5.74, 6) is 0.674. The SMILES string of the molecule is NC(=S)c1cnc(NCc2cscn2)cn1. The van der Waals surface area contributed by atoms with Crippen LogP contribution in [0.2, 0.25) is 0 Å². The predicted octanol–water partition coefficient (Wildman–Crippen LogP) is 1.18. The van der Waals surface area contributed by atoms with Gasteiger partial charge in [-0.15, -0.1) is 11.3 Å². The van der Waals surface area contributed by atoms with Gasteiger partial charge in [-0.1, -0.05) is 12.2 Å². The van der Waals surface area contributed by atoms with E-state index in [1.807, 2.05) is 5.38 Å². The molecule has 82 valence electrons. The molecule has 2 rings (SSSR count). The van der Waals surface area contributed by atoms with Crippen molar-refractivity contribution in [1.29, 1.82) is 0 Å². The summed E-state index contributed by atoms with van der Waals surface area (Å²) in [5, 5.41) is 5.08. The second-order valence-corrected chi connectivity index (χ2v) is 4.14. The van der Waals surface area contributed by atoms with Crippen molar-refractivity contribution in [2.24, 2.45) is 5.73 Å². The molecule has 0 saturated heterocycles. The first-order valence-electron chi connectivity index (χ1n) is 4.48. The van der Waals surface area contributed by atoms with Crippen molar-refractivity contribution in [3.05, 3.63) is 34.7 Å². The van der Waals surface area contributed by atoms with E-state index in [1.165, 1.54) is 0 Å². The molecule has 16 heavy (non-hydrogen) atoms. The van der Waals surface area contributed by atoms with Crippen molar-refractivity contribution in [2.45, 2.75) is 6.54 Å². The smallest absolute Gasteiger partial charge is 0.144 e. The molecule has 0 amide bonds. The number of thiocarbonyl (C=S) groups is 1. The van der Waals surface area contributed by atoms with Gasteiger partial charge in [-0.2, -0.15) is 0 Å². The van der Waals surface area contributed by atoms with Gasteiger partial charge in [-0.05, 0) is 0 Å². The van der Waals surface area contributed by atoms with Crippen LogP contribution in [-0.4, -0.2) is 19.9 Å². The fraction of sp³-hybridized carbons (Fsp3) is 0.111. The number of nitrogens with one attached hydrogen (secondary N) is 1. The van der Waals surface area contributed by atoms with E-state index in [9.17, 15) is 0 Å². The number of nitrogens with two attached hydrogens (primary N) is 1. The first kappa shape index (κ1) is 10.9. The molecule has 0 fully saturated rings. The van der Waals surface area contributed by atoms with E-state index < -0.39 is 0 Å². The number of hydrogen-bond donors (Lipinski definition) is 2. The molecule has 5 nitrogen and oxygen atoms in total. The first-order valence-corrected chi connectivity index (χ1v) is 5.83. The van der Waals surface area contributed by atoms with Crippen LogP contribution in [0.4, 0.5) is 5.82 Å². The molecular formula is C9H9N5S2. The van der Waals surface area contributed by atoms with Crippen LogP contribution in [0.15, 0.2) is 23.3 Å². The highest BCUT2D eigenvalue weighted by molar-refractivity contribution is 7.80. The average Bonchev–Trinajstić information content (AvgIpc) is 2.80. The van der Waals surface area contributed by atoms with E-state index in [2.05, 4.69) is 20.3 Å². The van der Waals surface area contributed by atoms with Crippen molar-refractivity contribution in [3.63, 3.8) is 0 Å². The van der Waals surface area contributed by atoms with Crippen LogP contribution in [0.1, 0.15) is 11.4 Å². The van der Waals surface area contributed by atoms with Crippen molar-refractivity contribution in [3.8, 4) is 0 Å². The van der Waals surface area contributed by atoms with E-state index in [0.29, 0.717) is 18.1 Å². The van der Waals surface area contributed by atoms with Crippen LogP contribution in [0, 0.1) is 0 Å². The molecule has 0 saturated carbocycles. The van der Waals surface area contributed by atoms with Gasteiger partial charge in [-0.25, -0.2) is 15.0 Å². The number of aromatic nitrogens is 3. The van der Waals surface area contributed by atoms with Gasteiger partial charge in [0.1, 0.15) is 16.5 Å². The lowest BCUT2D eigenvalue weighted by Gasteiger charge is -2.03. The molecule has 0 aromatic carbocycles. The number of rotatable bonds is 4. The van der Waals surface area contributed by atoms with Gasteiger partial charge in [0.05, 0.1) is 30.1 Å². The maximum absolute atomic E-state index is 5.41. The summed E-state index contributed by atoms with van der Waals surface area (Å²) in [5.41, 5.74) is 8.70. The van der Waals surface area contributed by atoms with E-state index in [0.717, 1.165) is 5.69 Å². The zero-order valence-corrected chi connectivity index (χ0v) is 9.88. The Hall–Kier alpha value is -1.60. The number of nitrogens with zero attached hydrogens (tertiary/aromatic N) is 3. The van der Waals surface area contributed by atoms with Gasteiger partial charge in [-0.3, -0.25) is 0 Å². The molecule has 0 aliphatic rings. The zero-order chi connectivity index (χ0) is 11.4. The van der Waals surface area contributed by atoms with Crippen LogP contribution < -0.4 is 11.1 Å². The normalized spacial score (nSPS) is 10.0. The summed E-state index contributed by atoms with van der Waals surface area (Å²) in [6.45, 7) is 0.630. The molecular weight excluding hydrogens is 242 g/mol. The van der Waals surface area contributed by atoms with Crippen LogP contribution in [0.25, 0.3) is 0 Å². The minimum absolute atomic E-state index is 0.249. The minimum Gasteiger partial charge on any atom is -0.388 e. The second-order valence-electron chi connectivity index (χ2n) is 2.98. The van der Waals surface area contributed by atoms with Crippen molar-refractivity contribution in [2.75, 3.05) is 5.32 Å². The standard InChI is InChI=1S/C9H9N5S2/c10-9(15)7-2-13-8(3-11-7)12-1-6-4-16-5-14-6/h2-5H,1H2,(H2,10,15)(H,12,13). The number of thiazole rings is 1. The van der Waals surface area contributed by atoms with E-state index in [-0.39, 0.29) is 4.99 Å². The fourth-order valence-electron chi connectivity index (χ4n) is 1.05. The Morgan fingerprint density at radius 1 is 1.38 bits per heavy atom. The highest BCUT2D eigenvalue weighted by atomic mass is 32.1. The van der Waals surface area contributed by atoms with Crippen LogP contribution in [-0.2, 0) is 6.54 Å². The summed E-state index contributed by atoms with van der Waals surface area (Å²) >= 11 is 6.34. The Morgan fingerprint density at radius 2 is 2.25 bits per heavy atom. The summed E-state index contributed by atoms with van der Waals surface area (Å²) in [6.07, 6.45) is 3.15. The molecule has 2 heterocycles. The summed E-state index contributed by atoms with van der Waals surface area (Å²) in [7, 11) is 0. The second kappa shape index (κ2) is 4.95. The highest BCUT2D eigenvalue weighted by Gasteiger charge is 2.00. The Kier molecular flexibility index (Phi) is 3.37. The highest BCUT2D eigenvalue weighted by Crippen LogP contribution is 2.05. The third-order valence-electron chi connectivity index (χ3n) is 1.84. The Labute approximate surface area is 102 Å². The summed E-state index contributed by atoms with van der Waals surface area (Å²) < 4.78 is 0. The van der Waals surface area contributed by atoms with Crippen LogP contribution >= 0.6 is 23.6 Å². The first-order chi connectivity index (χ1) is 7.75. The molecule has 0 aliphatic carbocycles. The third kappa shape index (κ3) is 2.71. The largest absolute Gasteiger partial charge is 0.388 e. The minimum atomic E-state index is 0.249. The van der Waals surface area contributed by atoms with Gasteiger partial charge in [0, 0.05) is 5.38 Å². The fourth-order valence-corrected chi connectivity index (χ4v) is 1.72. The van der Waals surface area contributed by atoms with Gasteiger partial charge >= 0.3 is 0 Å². The third-order valence-corrected chi connectivity index (χ3v) is 2.68. The molecule has 0 spiro atoms. The average molecular weight is 251 g/mol. The van der Waals surface area contributed by atoms with Crippen LogP contribution in [0.3, 0.4) is 0 Å². The van der Waals surface area contributed by atoms with Crippen molar-refractivity contribution < 1.29 is 0 Å². The Balaban J connectivity index is 1.98. The van der Waals surface area contributed by atoms with E-state index >= 15 is 0 Å². The molecule has 7 heteroatoms. The lowest BCUT2D eigenvalue weighted by atomic mass is 10.4. The molecule has 0 aliphatic heterocycles. The van der Waals surface area contributed by atoms with Gasteiger partial charge in [0.25, 0.3) is 0 Å². The van der Waals surface area contributed by atoms with Crippen molar-refractivity contribution >= 4 is 34.4 Å². The lowest BCUT2D eigenvalue weighted by Crippen LogP contribution is -2.12. The molecule has 2 aromatic rings. The summed E-state index contributed by atoms with van der Waals surface area (Å²) in [6, 6.07) is 0.